The van der Waals surface area contributed by atoms with Crippen LogP contribution < -0.4 is 16.8 Å². The first-order valence-corrected chi connectivity index (χ1v) is 6.46. The molecule has 0 bridgehead atoms. The van der Waals surface area contributed by atoms with Crippen LogP contribution in [0.4, 0.5) is 5.69 Å². The van der Waals surface area contributed by atoms with E-state index in [2.05, 4.69) is 19.2 Å². The molecule has 19 heavy (non-hydrogen) atoms. The van der Waals surface area contributed by atoms with Crippen LogP contribution in [0, 0.1) is 5.41 Å². The first-order chi connectivity index (χ1) is 8.93. The fraction of sp³-hybridized carbons (Fsp3) is 0.500. The van der Waals surface area contributed by atoms with Gasteiger partial charge in [-0.3, -0.25) is 4.57 Å². The number of aryl methyl sites for hydroxylation is 1. The predicted molar refractivity (Wildman–Crippen MR) is 77.4 cm³/mol. The highest BCUT2D eigenvalue weighted by atomic mass is 16.4. The summed E-state index contributed by atoms with van der Waals surface area (Å²) in [6.07, 6.45) is 0.961. The van der Waals surface area contributed by atoms with Crippen LogP contribution in [0.15, 0.2) is 27.4 Å². The van der Waals surface area contributed by atoms with E-state index in [0.29, 0.717) is 12.1 Å². The Bertz CT molecular complexity index is 625. The van der Waals surface area contributed by atoms with Crippen LogP contribution in [0.25, 0.3) is 11.1 Å². The van der Waals surface area contributed by atoms with Gasteiger partial charge in [0, 0.05) is 25.3 Å². The Labute approximate surface area is 112 Å². The lowest BCUT2D eigenvalue weighted by Gasteiger charge is -2.24. The van der Waals surface area contributed by atoms with Crippen LogP contribution in [0.2, 0.25) is 0 Å². The second-order valence-electron chi connectivity index (χ2n) is 5.67. The molecule has 0 aliphatic carbocycles. The first kappa shape index (κ1) is 13.7. The van der Waals surface area contributed by atoms with Crippen LogP contribution in [0.1, 0.15) is 20.3 Å². The molecule has 1 heterocycles. The van der Waals surface area contributed by atoms with Crippen molar-refractivity contribution < 1.29 is 4.42 Å². The van der Waals surface area contributed by atoms with Crippen molar-refractivity contribution in [3.8, 4) is 0 Å². The van der Waals surface area contributed by atoms with E-state index in [0.717, 1.165) is 24.2 Å². The lowest BCUT2D eigenvalue weighted by atomic mass is 9.89. The molecule has 2 aromatic rings. The average Bonchev–Trinajstić information content (AvgIpc) is 2.62. The summed E-state index contributed by atoms with van der Waals surface area (Å²) in [6, 6.07) is 5.70. The van der Waals surface area contributed by atoms with Crippen LogP contribution in [-0.4, -0.2) is 17.7 Å². The van der Waals surface area contributed by atoms with Gasteiger partial charge in [-0.2, -0.15) is 0 Å². The molecule has 0 amide bonds. The van der Waals surface area contributed by atoms with Crippen molar-refractivity contribution in [1.29, 1.82) is 0 Å². The average molecular weight is 263 g/mol. The van der Waals surface area contributed by atoms with E-state index in [1.54, 1.807) is 7.05 Å². The molecule has 0 radical (unpaired) electrons. The van der Waals surface area contributed by atoms with Gasteiger partial charge < -0.3 is 15.5 Å². The van der Waals surface area contributed by atoms with Crippen LogP contribution >= 0.6 is 0 Å². The molecule has 104 valence electrons. The smallest absolute Gasteiger partial charge is 0.408 e. The van der Waals surface area contributed by atoms with Crippen molar-refractivity contribution in [3.63, 3.8) is 0 Å². The number of nitrogens with one attached hydrogen (secondary N) is 1. The van der Waals surface area contributed by atoms with Gasteiger partial charge in [0.2, 0.25) is 0 Å². The fourth-order valence-corrected chi connectivity index (χ4v) is 2.06. The maximum atomic E-state index is 11.4. The third kappa shape index (κ3) is 2.98. The van der Waals surface area contributed by atoms with Gasteiger partial charge in [0.05, 0.1) is 5.52 Å². The van der Waals surface area contributed by atoms with Gasteiger partial charge in [-0.05, 0) is 30.5 Å². The zero-order valence-corrected chi connectivity index (χ0v) is 11.7. The topological polar surface area (TPSA) is 73.2 Å². The van der Waals surface area contributed by atoms with Crippen molar-refractivity contribution >= 4 is 16.8 Å². The number of nitrogens with zero attached hydrogens (tertiary/aromatic N) is 1. The molecular weight excluding hydrogens is 242 g/mol. The maximum Gasteiger partial charge on any atom is 0.419 e. The highest BCUT2D eigenvalue weighted by Gasteiger charge is 2.16. The number of benzene rings is 1. The third-order valence-corrected chi connectivity index (χ3v) is 3.38. The Morgan fingerprint density at radius 2 is 2.16 bits per heavy atom. The number of fused-ring (bicyclic) bond motifs is 1. The summed E-state index contributed by atoms with van der Waals surface area (Å²) in [4.78, 5) is 11.4. The van der Waals surface area contributed by atoms with Crippen LogP contribution in [-0.2, 0) is 7.05 Å². The minimum Gasteiger partial charge on any atom is -0.408 e. The van der Waals surface area contributed by atoms with E-state index < -0.39 is 0 Å². The van der Waals surface area contributed by atoms with E-state index >= 15 is 0 Å². The summed E-state index contributed by atoms with van der Waals surface area (Å²) < 4.78 is 6.66. The van der Waals surface area contributed by atoms with Gasteiger partial charge in [-0.25, -0.2) is 4.79 Å². The van der Waals surface area contributed by atoms with Gasteiger partial charge >= 0.3 is 5.76 Å². The molecular formula is C14H21N3O2. The number of anilines is 1. The Kier molecular flexibility index (Phi) is 3.66. The largest absolute Gasteiger partial charge is 0.419 e. The van der Waals surface area contributed by atoms with Gasteiger partial charge in [-0.15, -0.1) is 0 Å². The Balaban J connectivity index is 2.16. The van der Waals surface area contributed by atoms with E-state index in [4.69, 9.17) is 10.2 Å². The summed E-state index contributed by atoms with van der Waals surface area (Å²) in [5, 5.41) is 3.36. The standard InChI is InChI=1S/C14H21N3O2/c1-14(2,6-7-15)9-16-10-4-5-11-12(8-10)19-13(18)17(11)3/h4-5,8,16H,6-7,9,15H2,1-3H3. The van der Waals surface area contributed by atoms with Gasteiger partial charge in [-0.1, -0.05) is 13.8 Å². The molecule has 3 N–H and O–H groups in total. The van der Waals surface area contributed by atoms with Crippen molar-refractivity contribution in [3.05, 3.63) is 28.7 Å². The Morgan fingerprint density at radius 1 is 1.42 bits per heavy atom. The highest BCUT2D eigenvalue weighted by Crippen LogP contribution is 2.22. The molecule has 0 saturated carbocycles. The third-order valence-electron chi connectivity index (χ3n) is 3.38. The number of hydrogen-bond donors (Lipinski definition) is 2. The minimum absolute atomic E-state index is 0.140. The van der Waals surface area contributed by atoms with E-state index in [9.17, 15) is 4.79 Å². The van der Waals surface area contributed by atoms with Gasteiger partial charge in [0.15, 0.2) is 5.58 Å². The number of oxazole rings is 1. The first-order valence-electron chi connectivity index (χ1n) is 6.46. The zero-order valence-electron chi connectivity index (χ0n) is 11.7. The number of hydrogen-bond acceptors (Lipinski definition) is 4. The maximum absolute atomic E-state index is 11.4. The van der Waals surface area contributed by atoms with Crippen LogP contribution in [0.3, 0.4) is 0 Å². The monoisotopic (exact) mass is 263 g/mol. The second-order valence-corrected chi connectivity index (χ2v) is 5.67. The second kappa shape index (κ2) is 5.09. The van der Waals surface area contributed by atoms with E-state index in [-0.39, 0.29) is 11.2 Å². The molecule has 0 aliphatic rings. The summed E-state index contributed by atoms with van der Waals surface area (Å²) in [5.41, 5.74) is 8.10. The molecule has 0 unspecified atom stereocenters. The van der Waals surface area contributed by atoms with Crippen molar-refractivity contribution in [2.24, 2.45) is 18.2 Å². The molecule has 2 rings (SSSR count). The quantitative estimate of drug-likeness (QED) is 0.864. The van der Waals surface area contributed by atoms with Crippen LogP contribution in [0.5, 0.6) is 0 Å². The molecule has 5 heteroatoms. The van der Waals surface area contributed by atoms with E-state index in [1.165, 1.54) is 4.57 Å². The normalized spacial score (nSPS) is 12.0. The molecule has 5 nitrogen and oxygen atoms in total. The summed E-state index contributed by atoms with van der Waals surface area (Å²) in [5.74, 6) is -0.337. The SMILES string of the molecule is Cn1c(=O)oc2cc(NCC(C)(C)CCN)ccc21. The Morgan fingerprint density at radius 3 is 2.84 bits per heavy atom. The Hall–Kier alpha value is -1.75. The lowest BCUT2D eigenvalue weighted by Crippen LogP contribution is -2.26. The summed E-state index contributed by atoms with van der Waals surface area (Å²) >= 11 is 0. The van der Waals surface area contributed by atoms with Crippen molar-refractivity contribution in [1.82, 2.24) is 4.57 Å². The van der Waals surface area contributed by atoms with Crippen molar-refractivity contribution in [2.45, 2.75) is 20.3 Å². The lowest BCUT2D eigenvalue weighted by molar-refractivity contribution is 0.365. The highest BCUT2D eigenvalue weighted by molar-refractivity contribution is 5.77. The molecule has 0 spiro atoms. The summed E-state index contributed by atoms with van der Waals surface area (Å²) in [7, 11) is 1.70. The summed E-state index contributed by atoms with van der Waals surface area (Å²) in [6.45, 7) is 5.86. The zero-order chi connectivity index (χ0) is 14.0. The molecule has 0 saturated heterocycles. The van der Waals surface area contributed by atoms with E-state index in [1.807, 2.05) is 18.2 Å². The number of aromatic nitrogens is 1. The molecule has 0 fully saturated rings. The van der Waals surface area contributed by atoms with Crippen molar-refractivity contribution in [2.75, 3.05) is 18.4 Å². The molecule has 0 aliphatic heterocycles. The predicted octanol–water partition coefficient (Wildman–Crippen LogP) is 1.92. The fourth-order valence-electron chi connectivity index (χ4n) is 2.06. The molecule has 1 aromatic carbocycles. The molecule has 0 atom stereocenters. The minimum atomic E-state index is -0.337. The number of rotatable bonds is 5. The van der Waals surface area contributed by atoms with Gasteiger partial charge in [0.1, 0.15) is 0 Å². The number of nitrogens with two attached hydrogens (primary N) is 1. The van der Waals surface area contributed by atoms with Gasteiger partial charge in [0.25, 0.3) is 0 Å². The molecule has 1 aromatic heterocycles.